The van der Waals surface area contributed by atoms with Gasteiger partial charge in [0.2, 0.25) is 0 Å². The van der Waals surface area contributed by atoms with Gasteiger partial charge in [-0.25, -0.2) is 0 Å². The highest BCUT2D eigenvalue weighted by atomic mass is 35.5. The summed E-state index contributed by atoms with van der Waals surface area (Å²) in [6.45, 7) is 3.28. The predicted molar refractivity (Wildman–Crippen MR) is 109 cm³/mol. The van der Waals surface area contributed by atoms with Crippen LogP contribution in [-0.2, 0) is 15.2 Å². The molecule has 3 aromatic rings. The molecule has 0 spiro atoms. The van der Waals surface area contributed by atoms with E-state index in [1.807, 2.05) is 30.3 Å². The molecule has 1 unspecified atom stereocenters. The molecule has 0 saturated carbocycles. The number of nitrogens with one attached hydrogen (secondary N) is 2. The van der Waals surface area contributed by atoms with E-state index in [1.54, 1.807) is 32.0 Å². The summed E-state index contributed by atoms with van der Waals surface area (Å²) in [5, 5.41) is 17.3. The number of carbonyl (C=O) groups is 2. The van der Waals surface area contributed by atoms with Crippen molar-refractivity contribution in [3.63, 3.8) is 0 Å². The second kappa shape index (κ2) is 7.68. The topological polar surface area (TPSA) is 78.4 Å². The Morgan fingerprint density at radius 2 is 1.89 bits per heavy atom. The Kier molecular flexibility index (Phi) is 5.51. The molecular weight excluding hydrogens is 384 g/mol. The van der Waals surface area contributed by atoms with Crippen molar-refractivity contribution in [2.45, 2.75) is 19.4 Å². The lowest BCUT2D eigenvalue weighted by molar-refractivity contribution is -0.136. The molecule has 0 bridgehead atoms. The van der Waals surface area contributed by atoms with Crippen LogP contribution in [-0.4, -0.2) is 23.5 Å². The minimum atomic E-state index is -1.29. The first-order valence-corrected chi connectivity index (χ1v) is 9.53. The van der Waals surface area contributed by atoms with Crippen molar-refractivity contribution in [2.75, 3.05) is 11.9 Å². The summed E-state index contributed by atoms with van der Waals surface area (Å²) in [5.41, 5.74) is -0.137. The molecule has 7 heteroatoms. The predicted octanol–water partition coefficient (Wildman–Crippen LogP) is 3.83. The van der Waals surface area contributed by atoms with Crippen molar-refractivity contribution >= 4 is 50.5 Å². The number of amides is 2. The molecule has 0 fully saturated rings. The lowest BCUT2D eigenvalue weighted by atomic mass is 10.0. The maximum Gasteiger partial charge on any atom is 0.313 e. The molecule has 140 valence electrons. The number of hydrogen-bond acceptors (Lipinski definition) is 4. The van der Waals surface area contributed by atoms with Crippen LogP contribution in [0.4, 0.5) is 5.69 Å². The lowest BCUT2D eigenvalue weighted by Crippen LogP contribution is -2.43. The first-order chi connectivity index (χ1) is 12.8. The van der Waals surface area contributed by atoms with Crippen LogP contribution in [0.1, 0.15) is 17.4 Å². The van der Waals surface area contributed by atoms with Gasteiger partial charge in [0.25, 0.3) is 0 Å². The van der Waals surface area contributed by atoms with Crippen LogP contribution in [0.15, 0.2) is 48.5 Å². The van der Waals surface area contributed by atoms with Gasteiger partial charge in [0, 0.05) is 20.3 Å². The normalized spacial score (nSPS) is 13.2. The van der Waals surface area contributed by atoms with Gasteiger partial charge in [-0.2, -0.15) is 0 Å². The van der Waals surface area contributed by atoms with E-state index in [4.69, 9.17) is 11.6 Å². The van der Waals surface area contributed by atoms with Gasteiger partial charge in [-0.1, -0.05) is 35.9 Å². The molecule has 1 aromatic heterocycles. The van der Waals surface area contributed by atoms with Crippen molar-refractivity contribution < 1.29 is 14.7 Å². The number of anilines is 1. The van der Waals surface area contributed by atoms with Crippen molar-refractivity contribution in [1.29, 1.82) is 0 Å². The van der Waals surface area contributed by atoms with Crippen LogP contribution >= 0.6 is 22.9 Å². The summed E-state index contributed by atoms with van der Waals surface area (Å²) in [5.74, 6) is -1.64. The van der Waals surface area contributed by atoms with Gasteiger partial charge in [0.15, 0.2) is 0 Å². The molecule has 0 saturated heterocycles. The van der Waals surface area contributed by atoms with Crippen LogP contribution in [0.25, 0.3) is 10.1 Å². The first-order valence-electron chi connectivity index (χ1n) is 8.33. The number of hydrogen-bond donors (Lipinski definition) is 3. The average Bonchev–Trinajstić information content (AvgIpc) is 3.08. The third-order valence-electron chi connectivity index (χ3n) is 4.27. The number of carbonyl (C=O) groups excluding carboxylic acids is 2. The van der Waals surface area contributed by atoms with Crippen molar-refractivity contribution in [3.8, 4) is 0 Å². The number of halogens is 1. The fraction of sp³-hybridized carbons (Fsp3) is 0.200. The van der Waals surface area contributed by atoms with Gasteiger partial charge in [0.1, 0.15) is 5.60 Å². The van der Waals surface area contributed by atoms with E-state index in [-0.39, 0.29) is 6.54 Å². The maximum atomic E-state index is 12.1. The van der Waals surface area contributed by atoms with Gasteiger partial charge in [-0.3, -0.25) is 9.59 Å². The maximum absolute atomic E-state index is 12.1. The molecule has 0 aliphatic heterocycles. The molecule has 0 aliphatic rings. The highest BCUT2D eigenvalue weighted by Crippen LogP contribution is 2.32. The van der Waals surface area contributed by atoms with Gasteiger partial charge in [-0.15, -0.1) is 11.3 Å². The molecule has 2 aromatic carbocycles. The minimum absolute atomic E-state index is 0.0827. The minimum Gasteiger partial charge on any atom is -0.383 e. The van der Waals surface area contributed by atoms with E-state index in [0.717, 1.165) is 15.0 Å². The quantitative estimate of drug-likeness (QED) is 0.580. The van der Waals surface area contributed by atoms with Crippen molar-refractivity contribution in [1.82, 2.24) is 5.32 Å². The molecular formula is C20H19ClN2O3S. The van der Waals surface area contributed by atoms with Crippen molar-refractivity contribution in [2.24, 2.45) is 0 Å². The first kappa shape index (κ1) is 19.4. The third-order valence-corrected chi connectivity index (χ3v) is 6.05. The van der Waals surface area contributed by atoms with E-state index >= 15 is 0 Å². The van der Waals surface area contributed by atoms with Gasteiger partial charge >= 0.3 is 11.8 Å². The number of aliphatic hydroxyl groups is 1. The van der Waals surface area contributed by atoms with E-state index in [1.165, 1.54) is 11.3 Å². The van der Waals surface area contributed by atoms with E-state index in [9.17, 15) is 14.7 Å². The zero-order valence-corrected chi connectivity index (χ0v) is 16.4. The number of rotatable bonds is 4. The van der Waals surface area contributed by atoms with Crippen LogP contribution in [0.5, 0.6) is 0 Å². The van der Waals surface area contributed by atoms with E-state index < -0.39 is 17.4 Å². The molecule has 5 nitrogen and oxygen atoms in total. The molecule has 3 N–H and O–H groups in total. The smallest absolute Gasteiger partial charge is 0.313 e. The van der Waals surface area contributed by atoms with Gasteiger partial charge in [-0.05, 0) is 49.1 Å². The van der Waals surface area contributed by atoms with E-state index in [2.05, 4.69) is 10.6 Å². The number of benzene rings is 2. The van der Waals surface area contributed by atoms with Crippen LogP contribution in [0.2, 0.25) is 5.02 Å². The summed E-state index contributed by atoms with van der Waals surface area (Å²) in [6.07, 6.45) is 0. The Hall–Kier alpha value is -2.41. The standard InChI is InChI=1S/C20H19ClN2O3S/c1-12-14(21)7-5-8-15(12)23-19(25)18(24)22-11-20(2,26)17-10-13-6-3-4-9-16(13)27-17/h3-10,26H,11H2,1-2H3,(H,22,24)(H,23,25). The van der Waals surface area contributed by atoms with Crippen LogP contribution in [0, 0.1) is 6.92 Å². The summed E-state index contributed by atoms with van der Waals surface area (Å²) >= 11 is 7.47. The molecule has 27 heavy (non-hydrogen) atoms. The van der Waals surface area contributed by atoms with Gasteiger partial charge in [0.05, 0.1) is 6.54 Å². The second-order valence-electron chi connectivity index (χ2n) is 6.47. The van der Waals surface area contributed by atoms with Crippen LogP contribution < -0.4 is 10.6 Å². The molecule has 1 heterocycles. The largest absolute Gasteiger partial charge is 0.383 e. The molecule has 0 radical (unpaired) electrons. The number of fused-ring (bicyclic) bond motifs is 1. The third kappa shape index (κ3) is 4.30. The van der Waals surface area contributed by atoms with Crippen molar-refractivity contribution in [3.05, 3.63) is 64.0 Å². The van der Waals surface area contributed by atoms with E-state index in [0.29, 0.717) is 16.3 Å². The molecule has 1 atom stereocenters. The highest BCUT2D eigenvalue weighted by Gasteiger charge is 2.27. The Morgan fingerprint density at radius 1 is 1.15 bits per heavy atom. The Balaban J connectivity index is 1.65. The lowest BCUT2D eigenvalue weighted by Gasteiger charge is -2.22. The number of thiophene rings is 1. The zero-order chi connectivity index (χ0) is 19.6. The van der Waals surface area contributed by atoms with Crippen LogP contribution in [0.3, 0.4) is 0 Å². The fourth-order valence-electron chi connectivity index (χ4n) is 2.59. The SMILES string of the molecule is Cc1c(Cl)cccc1NC(=O)C(=O)NCC(C)(O)c1cc2ccccc2s1. The second-order valence-corrected chi connectivity index (χ2v) is 7.96. The summed E-state index contributed by atoms with van der Waals surface area (Å²) in [7, 11) is 0. The Bertz CT molecular complexity index is 980. The van der Waals surface area contributed by atoms with Gasteiger partial charge < -0.3 is 15.7 Å². The fourth-order valence-corrected chi connectivity index (χ4v) is 3.87. The average molecular weight is 403 g/mol. The highest BCUT2D eigenvalue weighted by molar-refractivity contribution is 7.19. The Morgan fingerprint density at radius 3 is 2.63 bits per heavy atom. The summed E-state index contributed by atoms with van der Waals surface area (Å²) < 4.78 is 1.05. The zero-order valence-electron chi connectivity index (χ0n) is 14.9. The summed E-state index contributed by atoms with van der Waals surface area (Å²) in [4.78, 5) is 25.0. The summed E-state index contributed by atoms with van der Waals surface area (Å²) in [6, 6.07) is 14.7. The molecule has 0 aliphatic carbocycles. The molecule has 3 rings (SSSR count). The molecule has 2 amide bonds. The Labute approximate surface area is 166 Å². The monoisotopic (exact) mass is 402 g/mol.